The summed E-state index contributed by atoms with van der Waals surface area (Å²) in [5.41, 5.74) is 1.29. The van der Waals surface area contributed by atoms with Crippen LogP contribution < -0.4 is 15.4 Å². The number of carbonyl (C=O) groups is 3. The summed E-state index contributed by atoms with van der Waals surface area (Å²) in [6.07, 6.45) is 1.29. The molecule has 1 aromatic rings. The van der Waals surface area contributed by atoms with E-state index in [0.717, 1.165) is 0 Å². The molecule has 0 spiro atoms. The maximum atomic E-state index is 12.8. The molecule has 1 atom stereocenters. The molecule has 1 saturated heterocycles. The van der Waals surface area contributed by atoms with Crippen LogP contribution in [0.25, 0.3) is 0 Å². The first-order valence-electron chi connectivity index (χ1n) is 11.1. The lowest BCUT2D eigenvalue weighted by molar-refractivity contribution is -0.149. The van der Waals surface area contributed by atoms with Gasteiger partial charge in [-0.3, -0.25) is 9.69 Å². The molecule has 2 aliphatic heterocycles. The number of esters is 2. The average Bonchev–Trinajstić information content (AvgIpc) is 2.80. The van der Waals surface area contributed by atoms with Gasteiger partial charge in [0.1, 0.15) is 0 Å². The first kappa shape index (κ1) is 24.4. The fourth-order valence-corrected chi connectivity index (χ4v) is 4.14. The van der Waals surface area contributed by atoms with Crippen molar-refractivity contribution < 1.29 is 33.7 Å². The minimum Gasteiger partial charge on any atom is -0.504 e. The van der Waals surface area contributed by atoms with Gasteiger partial charge in [0.05, 0.1) is 37.9 Å². The van der Waals surface area contributed by atoms with E-state index in [1.54, 1.807) is 26.0 Å². The monoisotopic (exact) mass is 461 g/mol. The van der Waals surface area contributed by atoms with Crippen LogP contribution in [0.2, 0.25) is 0 Å². The molecule has 180 valence electrons. The summed E-state index contributed by atoms with van der Waals surface area (Å²) in [6, 6.07) is 3.46. The second kappa shape index (κ2) is 11.0. The van der Waals surface area contributed by atoms with Crippen molar-refractivity contribution >= 4 is 18.0 Å². The Bertz CT molecular complexity index is 923. The third-order valence-corrected chi connectivity index (χ3v) is 5.77. The Balaban J connectivity index is 1.86. The highest BCUT2D eigenvalue weighted by molar-refractivity contribution is 5.95. The smallest absolute Gasteiger partial charge is 0.338 e. The number of urea groups is 1. The third kappa shape index (κ3) is 5.75. The first-order valence-corrected chi connectivity index (χ1v) is 11.1. The number of piperidine rings is 1. The van der Waals surface area contributed by atoms with Crippen LogP contribution >= 0.6 is 0 Å². The normalized spacial score (nSPS) is 19.5. The Hall–Kier alpha value is -3.27. The number of aromatic hydroxyl groups is 1. The Kier molecular flexibility index (Phi) is 8.16. The summed E-state index contributed by atoms with van der Waals surface area (Å²) >= 11 is 0. The van der Waals surface area contributed by atoms with Crippen molar-refractivity contribution in [2.45, 2.75) is 32.7 Å². The summed E-state index contributed by atoms with van der Waals surface area (Å²) in [5.74, 6) is -0.669. The van der Waals surface area contributed by atoms with Crippen LogP contribution in [0.1, 0.15) is 38.3 Å². The van der Waals surface area contributed by atoms with Gasteiger partial charge in [-0.05, 0) is 57.5 Å². The molecule has 3 N–H and O–H groups in total. The number of carbonyl (C=O) groups excluding carboxylic acids is 3. The number of methoxy groups -OCH3 is 1. The third-order valence-electron chi connectivity index (χ3n) is 5.77. The quantitative estimate of drug-likeness (QED) is 0.501. The van der Waals surface area contributed by atoms with Crippen LogP contribution in [0.4, 0.5) is 4.79 Å². The standard InChI is InChI=1S/C23H31N3O7/c1-4-32-18-12-15(6-7-17(18)27)20-19(22(29)31-3)16(24-23(30)25-20)13-26-10-8-14(9-11-26)21(28)33-5-2/h6-7,12,14,20,27H,4-5,8-11,13H2,1-3H3,(H2,24,25,30)/t20-/m0/s1. The van der Waals surface area contributed by atoms with Crippen molar-refractivity contribution in [3.63, 3.8) is 0 Å². The van der Waals surface area contributed by atoms with Gasteiger partial charge in [0.15, 0.2) is 11.5 Å². The molecule has 1 fully saturated rings. The maximum Gasteiger partial charge on any atom is 0.338 e. The van der Waals surface area contributed by atoms with E-state index in [9.17, 15) is 19.5 Å². The van der Waals surface area contributed by atoms with E-state index in [1.165, 1.54) is 13.2 Å². The summed E-state index contributed by atoms with van der Waals surface area (Å²) in [5, 5.41) is 15.5. The summed E-state index contributed by atoms with van der Waals surface area (Å²) in [4.78, 5) is 39.3. The van der Waals surface area contributed by atoms with Gasteiger partial charge in [-0.15, -0.1) is 0 Å². The molecule has 0 unspecified atom stereocenters. The molecule has 10 nitrogen and oxygen atoms in total. The molecule has 2 aliphatic rings. The molecule has 3 rings (SSSR count). The highest BCUT2D eigenvalue weighted by Crippen LogP contribution is 2.34. The Labute approximate surface area is 192 Å². The van der Waals surface area contributed by atoms with Crippen molar-refractivity contribution in [1.29, 1.82) is 0 Å². The van der Waals surface area contributed by atoms with Gasteiger partial charge in [-0.25, -0.2) is 9.59 Å². The maximum absolute atomic E-state index is 12.8. The molecule has 0 bridgehead atoms. The van der Waals surface area contributed by atoms with E-state index >= 15 is 0 Å². The Morgan fingerprint density at radius 2 is 1.91 bits per heavy atom. The highest BCUT2D eigenvalue weighted by Gasteiger charge is 2.35. The van der Waals surface area contributed by atoms with Crippen LogP contribution in [0.15, 0.2) is 29.5 Å². The van der Waals surface area contributed by atoms with Crippen LogP contribution in [0.3, 0.4) is 0 Å². The highest BCUT2D eigenvalue weighted by atomic mass is 16.5. The number of hydrogen-bond acceptors (Lipinski definition) is 8. The topological polar surface area (TPSA) is 126 Å². The number of nitrogens with one attached hydrogen (secondary N) is 2. The SMILES string of the molecule is CCOC(=O)C1CCN(CC2=C(C(=O)OC)[C@H](c3ccc(O)c(OCC)c3)NC(=O)N2)CC1. The number of likely N-dealkylation sites (tertiary alicyclic amines) is 1. The lowest BCUT2D eigenvalue weighted by Crippen LogP contribution is -2.49. The van der Waals surface area contributed by atoms with Gasteiger partial charge in [0, 0.05) is 12.2 Å². The lowest BCUT2D eigenvalue weighted by Gasteiger charge is -2.34. The van der Waals surface area contributed by atoms with Crippen molar-refractivity contribution in [3.8, 4) is 11.5 Å². The van der Waals surface area contributed by atoms with Gasteiger partial charge in [0.2, 0.25) is 0 Å². The molecule has 0 aliphatic carbocycles. The molecular formula is C23H31N3O7. The lowest BCUT2D eigenvalue weighted by atomic mass is 9.93. The second-order valence-corrected chi connectivity index (χ2v) is 7.88. The minimum atomic E-state index is -0.780. The molecule has 2 amide bonds. The van der Waals surface area contributed by atoms with Crippen molar-refractivity contribution in [1.82, 2.24) is 15.5 Å². The number of phenolic OH excluding ortho intramolecular Hbond substituents is 1. The Morgan fingerprint density at radius 3 is 2.55 bits per heavy atom. The van der Waals surface area contributed by atoms with E-state index in [4.69, 9.17) is 14.2 Å². The summed E-state index contributed by atoms with van der Waals surface area (Å²) in [6.45, 7) is 5.86. The van der Waals surface area contributed by atoms with Crippen LogP contribution in [-0.2, 0) is 19.1 Å². The van der Waals surface area contributed by atoms with Crippen molar-refractivity contribution in [2.24, 2.45) is 5.92 Å². The van der Waals surface area contributed by atoms with E-state index in [0.29, 0.717) is 57.0 Å². The number of benzene rings is 1. The zero-order valence-electron chi connectivity index (χ0n) is 19.2. The number of phenols is 1. The number of hydrogen-bond donors (Lipinski definition) is 3. The fraction of sp³-hybridized carbons (Fsp3) is 0.522. The molecule has 0 radical (unpaired) electrons. The van der Waals surface area contributed by atoms with E-state index in [1.807, 2.05) is 0 Å². The number of rotatable bonds is 8. The minimum absolute atomic E-state index is 0.0332. The fourth-order valence-electron chi connectivity index (χ4n) is 4.14. The zero-order valence-corrected chi connectivity index (χ0v) is 19.2. The first-order chi connectivity index (χ1) is 15.9. The summed E-state index contributed by atoms with van der Waals surface area (Å²) < 4.78 is 15.6. The largest absolute Gasteiger partial charge is 0.504 e. The van der Waals surface area contributed by atoms with Gasteiger partial charge in [-0.2, -0.15) is 0 Å². The zero-order chi connectivity index (χ0) is 24.0. The summed E-state index contributed by atoms with van der Waals surface area (Å²) in [7, 11) is 1.29. The number of ether oxygens (including phenoxy) is 3. The van der Waals surface area contributed by atoms with E-state index in [2.05, 4.69) is 15.5 Å². The molecule has 0 saturated carbocycles. The van der Waals surface area contributed by atoms with Crippen LogP contribution in [-0.4, -0.2) is 67.9 Å². The molecule has 33 heavy (non-hydrogen) atoms. The molecule has 2 heterocycles. The van der Waals surface area contributed by atoms with Crippen LogP contribution in [0.5, 0.6) is 11.5 Å². The Morgan fingerprint density at radius 1 is 1.18 bits per heavy atom. The van der Waals surface area contributed by atoms with Crippen LogP contribution in [0, 0.1) is 5.92 Å². The van der Waals surface area contributed by atoms with Gasteiger partial charge in [0.25, 0.3) is 0 Å². The van der Waals surface area contributed by atoms with Crippen molar-refractivity contribution in [3.05, 3.63) is 35.0 Å². The molecule has 1 aromatic carbocycles. The average molecular weight is 462 g/mol. The van der Waals surface area contributed by atoms with Crippen molar-refractivity contribution in [2.75, 3.05) is 40.0 Å². The van der Waals surface area contributed by atoms with Gasteiger partial charge < -0.3 is 30.0 Å². The van der Waals surface area contributed by atoms with E-state index in [-0.39, 0.29) is 29.0 Å². The molecule has 10 heteroatoms. The second-order valence-electron chi connectivity index (χ2n) is 7.88. The van der Waals surface area contributed by atoms with Gasteiger partial charge in [-0.1, -0.05) is 6.07 Å². The number of amides is 2. The van der Waals surface area contributed by atoms with Gasteiger partial charge >= 0.3 is 18.0 Å². The molecule has 0 aromatic heterocycles. The predicted octanol–water partition coefficient (Wildman–Crippen LogP) is 1.85. The predicted molar refractivity (Wildman–Crippen MR) is 119 cm³/mol. The number of nitrogens with zero attached hydrogens (tertiary/aromatic N) is 1. The molecular weight excluding hydrogens is 430 g/mol. The van der Waals surface area contributed by atoms with E-state index < -0.39 is 18.0 Å².